The molecular formula is C28H35NO3Si. The summed E-state index contributed by atoms with van der Waals surface area (Å²) < 4.78 is 6.00. The van der Waals surface area contributed by atoms with Gasteiger partial charge >= 0.3 is 6.09 Å². The Bertz CT molecular complexity index is 1030. The van der Waals surface area contributed by atoms with Crippen LogP contribution in [0.2, 0.25) is 19.6 Å². The Morgan fingerprint density at radius 3 is 2.06 bits per heavy atom. The largest absolute Gasteiger partial charge is 0.448 e. The molecule has 2 saturated heterocycles. The molecule has 2 unspecified atom stereocenters. The lowest BCUT2D eigenvalue weighted by atomic mass is 9.75. The van der Waals surface area contributed by atoms with E-state index in [0.29, 0.717) is 19.4 Å². The zero-order chi connectivity index (χ0) is 23.4. The molecule has 2 fully saturated rings. The third-order valence-corrected chi connectivity index (χ3v) is 10.3. The molecule has 0 saturated carbocycles. The Hall–Kier alpha value is -2.37. The molecule has 1 amide bonds. The first-order chi connectivity index (χ1) is 15.7. The smallest absolute Gasteiger partial charge is 0.410 e. The van der Waals surface area contributed by atoms with Crippen molar-refractivity contribution in [3.05, 3.63) is 71.4 Å². The summed E-state index contributed by atoms with van der Waals surface area (Å²) in [6, 6.07) is 16.9. The van der Waals surface area contributed by atoms with Crippen molar-refractivity contribution in [2.24, 2.45) is 0 Å². The third-order valence-electron chi connectivity index (χ3n) is 8.02. The molecule has 2 aliphatic heterocycles. The molecule has 0 aromatic heterocycles. The fourth-order valence-electron chi connectivity index (χ4n) is 6.34. The van der Waals surface area contributed by atoms with E-state index in [-0.39, 0.29) is 24.1 Å². The number of nitrogens with zero attached hydrogens (tertiary/aromatic N) is 1. The summed E-state index contributed by atoms with van der Waals surface area (Å²) in [7, 11) is -1.70. The van der Waals surface area contributed by atoms with E-state index in [1.54, 1.807) is 0 Å². The number of carbonyl (C=O) groups excluding carboxylic acids is 1. The van der Waals surface area contributed by atoms with E-state index in [0.717, 1.165) is 24.5 Å². The van der Waals surface area contributed by atoms with E-state index in [9.17, 15) is 9.90 Å². The maximum absolute atomic E-state index is 13.4. The van der Waals surface area contributed by atoms with Crippen LogP contribution >= 0.6 is 0 Å². The molecule has 3 aliphatic rings. The van der Waals surface area contributed by atoms with Gasteiger partial charge in [-0.2, -0.15) is 0 Å². The number of ether oxygens (including phenoxy) is 1. The first kappa shape index (κ1) is 22.4. The fraction of sp³-hybridized carbons (Fsp3) is 0.464. The van der Waals surface area contributed by atoms with Gasteiger partial charge in [0.15, 0.2) is 0 Å². The van der Waals surface area contributed by atoms with Crippen LogP contribution in [0, 0.1) is 0 Å². The topological polar surface area (TPSA) is 49.8 Å². The number of piperidine rings is 2. The highest BCUT2D eigenvalue weighted by Crippen LogP contribution is 2.46. The van der Waals surface area contributed by atoms with E-state index >= 15 is 0 Å². The first-order valence-electron chi connectivity index (χ1n) is 12.2. The second kappa shape index (κ2) is 8.14. The van der Waals surface area contributed by atoms with Gasteiger partial charge in [0.05, 0.1) is 13.7 Å². The van der Waals surface area contributed by atoms with Gasteiger partial charge < -0.3 is 14.7 Å². The van der Waals surface area contributed by atoms with Crippen LogP contribution in [0.3, 0.4) is 0 Å². The molecule has 5 rings (SSSR count). The summed E-state index contributed by atoms with van der Waals surface area (Å²) >= 11 is 0. The lowest BCUT2D eigenvalue weighted by molar-refractivity contribution is -0.0617. The van der Waals surface area contributed by atoms with Gasteiger partial charge in [0, 0.05) is 30.8 Å². The van der Waals surface area contributed by atoms with Gasteiger partial charge in [0.1, 0.15) is 6.61 Å². The van der Waals surface area contributed by atoms with E-state index in [1.165, 1.54) is 22.3 Å². The lowest BCUT2D eigenvalue weighted by Gasteiger charge is -2.53. The molecule has 2 aromatic rings. The number of benzene rings is 2. The SMILES string of the molecule is C=C(C1(O)CC2CCCC(C1)N2C(=O)OCC1c2ccccc2-c2ccccc21)[Si](C)(C)C. The average molecular weight is 462 g/mol. The van der Waals surface area contributed by atoms with Crippen LogP contribution < -0.4 is 0 Å². The summed E-state index contributed by atoms with van der Waals surface area (Å²) in [6.07, 6.45) is 3.86. The third kappa shape index (κ3) is 3.85. The zero-order valence-electron chi connectivity index (χ0n) is 20.0. The van der Waals surface area contributed by atoms with Crippen molar-refractivity contribution in [2.45, 2.75) is 75.3 Å². The van der Waals surface area contributed by atoms with Gasteiger partial charge in [-0.15, -0.1) is 6.58 Å². The van der Waals surface area contributed by atoms with Crippen molar-refractivity contribution in [1.29, 1.82) is 0 Å². The van der Waals surface area contributed by atoms with Crippen LogP contribution in [0.1, 0.15) is 49.1 Å². The number of carbonyl (C=O) groups is 1. The Balaban J connectivity index is 1.33. The second-order valence-corrected chi connectivity index (χ2v) is 16.2. The molecule has 0 spiro atoms. The minimum atomic E-state index is -1.70. The molecule has 2 atom stereocenters. The highest BCUT2D eigenvalue weighted by molar-refractivity contribution is 6.83. The molecule has 4 nitrogen and oxygen atoms in total. The van der Waals surface area contributed by atoms with Crippen molar-refractivity contribution in [3.8, 4) is 11.1 Å². The Morgan fingerprint density at radius 2 is 1.55 bits per heavy atom. The number of rotatable bonds is 4. The van der Waals surface area contributed by atoms with Crippen molar-refractivity contribution in [3.63, 3.8) is 0 Å². The van der Waals surface area contributed by atoms with Gasteiger partial charge in [-0.05, 0) is 41.5 Å². The van der Waals surface area contributed by atoms with Crippen LogP contribution in [0.15, 0.2) is 60.3 Å². The summed E-state index contributed by atoms with van der Waals surface area (Å²) in [4.78, 5) is 15.3. The van der Waals surface area contributed by atoms with Crippen LogP contribution in [-0.2, 0) is 4.74 Å². The Kier molecular flexibility index (Phi) is 5.53. The van der Waals surface area contributed by atoms with Gasteiger partial charge in [-0.1, -0.05) is 73.4 Å². The first-order valence-corrected chi connectivity index (χ1v) is 15.7. The predicted octanol–water partition coefficient (Wildman–Crippen LogP) is 6.12. The van der Waals surface area contributed by atoms with Crippen LogP contribution in [0.4, 0.5) is 4.79 Å². The molecule has 1 aliphatic carbocycles. The Morgan fingerprint density at radius 1 is 1.03 bits per heavy atom. The van der Waals surface area contributed by atoms with Crippen LogP contribution in [0.5, 0.6) is 0 Å². The minimum absolute atomic E-state index is 0.0197. The maximum atomic E-state index is 13.4. The van der Waals surface area contributed by atoms with Crippen molar-refractivity contribution >= 4 is 14.2 Å². The highest BCUT2D eigenvalue weighted by Gasteiger charge is 2.51. The summed E-state index contributed by atoms with van der Waals surface area (Å²) in [5.41, 5.74) is 4.07. The van der Waals surface area contributed by atoms with E-state index in [4.69, 9.17) is 4.74 Å². The second-order valence-electron chi connectivity index (χ2n) is 11.1. The van der Waals surface area contributed by atoms with E-state index < -0.39 is 13.7 Å². The van der Waals surface area contributed by atoms with Gasteiger partial charge in [0.25, 0.3) is 0 Å². The Labute approximate surface area is 198 Å². The molecule has 2 bridgehead atoms. The average Bonchev–Trinajstić information content (AvgIpc) is 3.09. The van der Waals surface area contributed by atoms with E-state index in [2.05, 4.69) is 74.8 Å². The van der Waals surface area contributed by atoms with Gasteiger partial charge in [0.2, 0.25) is 0 Å². The monoisotopic (exact) mass is 461 g/mol. The summed E-state index contributed by atoms with van der Waals surface area (Å²) in [6.45, 7) is 11.4. The number of hydrogen-bond acceptors (Lipinski definition) is 3. The van der Waals surface area contributed by atoms with Crippen LogP contribution in [-0.4, -0.2) is 48.5 Å². The summed E-state index contributed by atoms with van der Waals surface area (Å²) in [5, 5.41) is 12.6. The normalized spacial score (nSPS) is 26.5. The molecule has 1 N–H and O–H groups in total. The fourth-order valence-corrected chi connectivity index (χ4v) is 7.94. The summed E-state index contributed by atoms with van der Waals surface area (Å²) in [5.74, 6) is 0.0644. The molecule has 2 heterocycles. The standard InChI is InChI=1S/C28H35NO3Si/c1-19(33(2,3)4)28(31)16-20-10-9-11-21(17-28)29(20)27(30)32-18-26-24-14-7-5-12-22(24)23-13-6-8-15-25(23)26/h5-8,12-15,20-21,26,31H,1,9-11,16-18H2,2-4H3. The number of amides is 1. The van der Waals surface area contributed by atoms with Gasteiger partial charge in [-0.3, -0.25) is 0 Å². The molecule has 5 heteroatoms. The van der Waals surface area contributed by atoms with Gasteiger partial charge in [-0.25, -0.2) is 4.79 Å². The van der Waals surface area contributed by atoms with E-state index in [1.807, 2.05) is 4.90 Å². The van der Waals surface area contributed by atoms with Crippen molar-refractivity contribution < 1.29 is 14.6 Å². The van der Waals surface area contributed by atoms with Crippen molar-refractivity contribution in [1.82, 2.24) is 4.90 Å². The number of aliphatic hydroxyl groups is 1. The van der Waals surface area contributed by atoms with Crippen LogP contribution in [0.25, 0.3) is 11.1 Å². The lowest BCUT2D eigenvalue weighted by Crippen LogP contribution is -2.62. The zero-order valence-corrected chi connectivity index (χ0v) is 21.0. The maximum Gasteiger partial charge on any atom is 0.410 e. The molecule has 0 radical (unpaired) electrons. The predicted molar refractivity (Wildman–Crippen MR) is 135 cm³/mol. The molecule has 2 aromatic carbocycles. The molecule has 33 heavy (non-hydrogen) atoms. The number of hydrogen-bond donors (Lipinski definition) is 1. The molecular weight excluding hydrogens is 426 g/mol. The van der Waals surface area contributed by atoms with Crippen molar-refractivity contribution in [2.75, 3.05) is 6.61 Å². The molecule has 174 valence electrons. The minimum Gasteiger partial charge on any atom is -0.448 e. The highest BCUT2D eigenvalue weighted by atomic mass is 28.3. The number of fused-ring (bicyclic) bond motifs is 5. The quantitative estimate of drug-likeness (QED) is 0.558.